The van der Waals surface area contributed by atoms with Crippen LogP contribution in [0.1, 0.15) is 15.9 Å². The molecule has 0 saturated heterocycles. The minimum absolute atomic E-state index is 0. The van der Waals surface area contributed by atoms with Gasteiger partial charge in [0.25, 0.3) is 5.69 Å². The monoisotopic (exact) mass is 338 g/mol. The zero-order valence-electron chi connectivity index (χ0n) is 10.3. The summed E-state index contributed by atoms with van der Waals surface area (Å²) in [5.74, 6) is -0.988. The molecule has 0 amide bonds. The van der Waals surface area contributed by atoms with E-state index in [2.05, 4.69) is 0 Å². The lowest BCUT2D eigenvalue weighted by Crippen LogP contribution is -3.00. The molecular weight excluding hydrogens is 328 g/mol. The van der Waals surface area contributed by atoms with Gasteiger partial charge >= 0.3 is 5.97 Å². The van der Waals surface area contributed by atoms with Gasteiger partial charge in [-0.2, -0.15) is 4.57 Å². The Morgan fingerprint density at radius 2 is 1.90 bits per heavy atom. The molecule has 0 spiro atoms. The van der Waals surface area contributed by atoms with Crippen molar-refractivity contribution < 1.29 is 36.4 Å². The van der Waals surface area contributed by atoms with Gasteiger partial charge in [0.15, 0.2) is 18.9 Å². The van der Waals surface area contributed by atoms with Crippen molar-refractivity contribution in [2.24, 2.45) is 0 Å². The van der Waals surface area contributed by atoms with Crippen molar-refractivity contribution in [3.05, 3.63) is 70.0 Å². The van der Waals surface area contributed by atoms with Crippen LogP contribution < -0.4 is 21.5 Å². The van der Waals surface area contributed by atoms with Crippen LogP contribution in [0.15, 0.2) is 48.8 Å². The minimum atomic E-state index is -0.988. The number of hydrogen-bond acceptors (Lipinski definition) is 3. The van der Waals surface area contributed by atoms with Crippen LogP contribution in [0.4, 0.5) is 5.69 Å². The van der Waals surface area contributed by atoms with E-state index in [4.69, 9.17) is 5.11 Å². The molecule has 2 rings (SSSR count). The van der Waals surface area contributed by atoms with Gasteiger partial charge in [-0.1, -0.05) is 0 Å². The van der Waals surface area contributed by atoms with Crippen molar-refractivity contribution in [1.82, 2.24) is 0 Å². The van der Waals surface area contributed by atoms with E-state index in [1.807, 2.05) is 0 Å². The summed E-state index contributed by atoms with van der Waals surface area (Å²) in [4.78, 5) is 20.9. The minimum Gasteiger partial charge on any atom is -1.00 e. The fourth-order valence-corrected chi connectivity index (χ4v) is 1.68. The molecule has 0 aliphatic rings. The smallest absolute Gasteiger partial charge is 0.341 e. The first-order valence-corrected chi connectivity index (χ1v) is 5.52. The van der Waals surface area contributed by atoms with Crippen molar-refractivity contribution in [3.63, 3.8) is 0 Å². The molecule has 0 aliphatic carbocycles. The number of carboxylic acids is 1. The Balaban J connectivity index is 0.00000200. The number of nitrogens with zero attached hydrogens (tertiary/aromatic N) is 2. The molecule has 2 aromatic rings. The van der Waals surface area contributed by atoms with Crippen LogP contribution in [-0.2, 0) is 6.54 Å². The van der Waals surface area contributed by atoms with Gasteiger partial charge in [0.1, 0.15) is 5.56 Å². The van der Waals surface area contributed by atoms with Crippen molar-refractivity contribution >= 4 is 11.7 Å². The Morgan fingerprint density at radius 3 is 2.45 bits per heavy atom. The summed E-state index contributed by atoms with van der Waals surface area (Å²) in [6.45, 7) is 0.457. The number of benzene rings is 1. The molecule has 1 N–H and O–H groups in total. The van der Waals surface area contributed by atoms with E-state index in [1.54, 1.807) is 29.0 Å². The Kier molecular flexibility index (Phi) is 5.33. The summed E-state index contributed by atoms with van der Waals surface area (Å²) in [5.41, 5.74) is 1.09. The molecule has 20 heavy (non-hydrogen) atoms. The number of aromatic nitrogens is 1. The van der Waals surface area contributed by atoms with Crippen molar-refractivity contribution in [2.45, 2.75) is 6.54 Å². The molecule has 104 valence electrons. The SMILES string of the molecule is O=C(O)c1ccc[n+](Cc2ccc([N+](=O)[O-])cc2)c1.[Br-]. The number of non-ortho nitro benzene ring substituents is 1. The zero-order chi connectivity index (χ0) is 13.8. The summed E-state index contributed by atoms with van der Waals surface area (Å²) in [6, 6.07) is 9.31. The Bertz CT molecular complexity index is 629. The molecule has 0 bridgehead atoms. The van der Waals surface area contributed by atoms with Crippen molar-refractivity contribution in [2.75, 3.05) is 0 Å². The molecule has 6 nitrogen and oxygen atoms in total. The number of carbonyl (C=O) groups is 1. The first-order chi connectivity index (χ1) is 9.06. The average Bonchev–Trinajstić information content (AvgIpc) is 2.39. The van der Waals surface area contributed by atoms with E-state index in [-0.39, 0.29) is 28.2 Å². The van der Waals surface area contributed by atoms with E-state index in [9.17, 15) is 14.9 Å². The quantitative estimate of drug-likeness (QED) is 0.423. The number of nitro benzene ring substituents is 1. The van der Waals surface area contributed by atoms with E-state index in [0.717, 1.165) is 5.56 Å². The van der Waals surface area contributed by atoms with Crippen LogP contribution in [0.5, 0.6) is 0 Å². The molecule has 7 heteroatoms. The maximum absolute atomic E-state index is 10.8. The topological polar surface area (TPSA) is 84.3 Å². The molecule has 0 atom stereocenters. The third-order valence-electron chi connectivity index (χ3n) is 2.62. The van der Waals surface area contributed by atoms with Gasteiger partial charge in [-0.15, -0.1) is 0 Å². The standard InChI is InChI=1S/C13H10N2O4.BrH/c16-13(17)11-2-1-7-14(9-11)8-10-3-5-12(6-4-10)15(18)19;/h1-7,9H,8H2;1H. The molecule has 0 aliphatic heterocycles. The highest BCUT2D eigenvalue weighted by Gasteiger charge is 2.10. The summed E-state index contributed by atoms with van der Waals surface area (Å²) < 4.78 is 1.71. The van der Waals surface area contributed by atoms with E-state index in [0.29, 0.717) is 6.54 Å². The lowest BCUT2D eigenvalue weighted by atomic mass is 10.2. The molecule has 0 unspecified atom stereocenters. The number of rotatable bonds is 4. The second-order valence-corrected chi connectivity index (χ2v) is 3.99. The third kappa shape index (κ3) is 3.86. The van der Waals surface area contributed by atoms with Gasteiger partial charge in [-0.25, -0.2) is 4.79 Å². The number of aromatic carboxylic acids is 1. The van der Waals surface area contributed by atoms with Gasteiger partial charge in [0.05, 0.1) is 4.92 Å². The second kappa shape index (κ2) is 6.76. The van der Waals surface area contributed by atoms with Gasteiger partial charge in [-0.3, -0.25) is 10.1 Å². The molecule has 1 aromatic heterocycles. The largest absolute Gasteiger partial charge is 1.00 e. The number of halogens is 1. The van der Waals surface area contributed by atoms with Gasteiger partial charge in [0.2, 0.25) is 0 Å². The summed E-state index contributed by atoms with van der Waals surface area (Å²) in [6.07, 6.45) is 3.26. The summed E-state index contributed by atoms with van der Waals surface area (Å²) in [5, 5.41) is 19.4. The average molecular weight is 339 g/mol. The predicted octanol–water partition coefficient (Wildman–Crippen LogP) is -1.37. The fraction of sp³-hybridized carbons (Fsp3) is 0.0769. The maximum Gasteiger partial charge on any atom is 0.341 e. The Labute approximate surface area is 125 Å². The highest BCUT2D eigenvalue weighted by Crippen LogP contribution is 2.11. The van der Waals surface area contributed by atoms with Crippen LogP contribution in [0.2, 0.25) is 0 Å². The molecule has 0 saturated carbocycles. The van der Waals surface area contributed by atoms with Crippen LogP contribution in [-0.4, -0.2) is 16.0 Å². The number of hydrogen-bond donors (Lipinski definition) is 1. The molecule has 0 radical (unpaired) electrons. The highest BCUT2D eigenvalue weighted by molar-refractivity contribution is 5.86. The van der Waals surface area contributed by atoms with Crippen molar-refractivity contribution in [3.8, 4) is 0 Å². The Hall–Kier alpha value is -2.28. The lowest BCUT2D eigenvalue weighted by Gasteiger charge is -1.99. The van der Waals surface area contributed by atoms with Crippen LogP contribution in [0, 0.1) is 10.1 Å². The molecular formula is C13H11BrN2O4. The first-order valence-electron chi connectivity index (χ1n) is 5.52. The molecule has 1 aromatic carbocycles. The van der Waals surface area contributed by atoms with E-state index in [1.165, 1.54) is 24.4 Å². The van der Waals surface area contributed by atoms with Gasteiger partial charge in [-0.05, 0) is 18.2 Å². The summed E-state index contributed by atoms with van der Waals surface area (Å²) in [7, 11) is 0. The van der Waals surface area contributed by atoms with Crippen LogP contribution in [0.25, 0.3) is 0 Å². The van der Waals surface area contributed by atoms with Gasteiger partial charge < -0.3 is 22.1 Å². The van der Waals surface area contributed by atoms with Crippen LogP contribution in [0.3, 0.4) is 0 Å². The normalized spacial score (nSPS) is 9.60. The van der Waals surface area contributed by atoms with Crippen molar-refractivity contribution in [1.29, 1.82) is 0 Å². The second-order valence-electron chi connectivity index (χ2n) is 3.99. The van der Waals surface area contributed by atoms with E-state index >= 15 is 0 Å². The first kappa shape index (κ1) is 15.8. The fourth-order valence-electron chi connectivity index (χ4n) is 1.68. The lowest BCUT2D eigenvalue weighted by molar-refractivity contribution is -0.688. The predicted molar refractivity (Wildman–Crippen MR) is 65.8 cm³/mol. The number of pyridine rings is 1. The molecule has 0 fully saturated rings. The molecule has 1 heterocycles. The van der Waals surface area contributed by atoms with Gasteiger partial charge in [0, 0.05) is 23.8 Å². The number of carboxylic acid groups (broad SMARTS) is 1. The summed E-state index contributed by atoms with van der Waals surface area (Å²) >= 11 is 0. The Morgan fingerprint density at radius 1 is 1.25 bits per heavy atom. The third-order valence-corrected chi connectivity index (χ3v) is 2.62. The van der Waals surface area contributed by atoms with Crippen LogP contribution >= 0.6 is 0 Å². The zero-order valence-corrected chi connectivity index (χ0v) is 11.9. The number of nitro groups is 1. The van der Waals surface area contributed by atoms with E-state index < -0.39 is 10.9 Å². The highest BCUT2D eigenvalue weighted by atomic mass is 79.9. The maximum atomic E-state index is 10.8.